The number of thioether (sulfide) groups is 1. The molecule has 1 aromatic carbocycles. The molecule has 1 N–H and O–H groups in total. The van der Waals surface area contributed by atoms with Crippen molar-refractivity contribution in [1.82, 2.24) is 24.7 Å². The van der Waals surface area contributed by atoms with Gasteiger partial charge in [0, 0.05) is 50.8 Å². The summed E-state index contributed by atoms with van der Waals surface area (Å²) in [5.41, 5.74) is 3.53. The summed E-state index contributed by atoms with van der Waals surface area (Å²) in [4.78, 5) is 21.5. The summed E-state index contributed by atoms with van der Waals surface area (Å²) in [6.07, 6.45) is 4.73. The summed E-state index contributed by atoms with van der Waals surface area (Å²) in [6, 6.07) is 6.43. The number of imidazole rings is 1. The van der Waals surface area contributed by atoms with Crippen LogP contribution in [0.2, 0.25) is 0 Å². The van der Waals surface area contributed by atoms with Crippen LogP contribution in [-0.2, 0) is 4.79 Å². The first-order valence-electron chi connectivity index (χ1n) is 9.93. The number of hydrogen-bond acceptors (Lipinski definition) is 5. The van der Waals surface area contributed by atoms with Crippen LogP contribution in [0.1, 0.15) is 17.5 Å². The Labute approximate surface area is 172 Å². The molecule has 0 spiro atoms. The number of nitrogens with one attached hydrogen (secondary N) is 1. The number of hydrogen-bond donors (Lipinski definition) is 1. The summed E-state index contributed by atoms with van der Waals surface area (Å²) in [7, 11) is 2.17. The van der Waals surface area contributed by atoms with Crippen LogP contribution < -0.4 is 5.32 Å². The van der Waals surface area contributed by atoms with E-state index in [4.69, 9.17) is 0 Å². The van der Waals surface area contributed by atoms with Crippen molar-refractivity contribution in [3.63, 3.8) is 0 Å². The normalized spacial score (nSPS) is 15.7. The highest BCUT2D eigenvalue weighted by Crippen LogP contribution is 2.22. The van der Waals surface area contributed by atoms with Crippen LogP contribution in [0.5, 0.6) is 0 Å². The van der Waals surface area contributed by atoms with E-state index in [-0.39, 0.29) is 5.91 Å². The maximum atomic E-state index is 12.2. The fourth-order valence-corrected chi connectivity index (χ4v) is 4.27. The maximum Gasteiger partial charge on any atom is 0.230 e. The molecule has 1 aromatic heterocycles. The van der Waals surface area contributed by atoms with Gasteiger partial charge in [-0.2, -0.15) is 0 Å². The van der Waals surface area contributed by atoms with E-state index < -0.39 is 0 Å². The number of amides is 1. The molecule has 0 atom stereocenters. The Hall–Kier alpha value is -1.83. The van der Waals surface area contributed by atoms with Crippen molar-refractivity contribution < 1.29 is 4.79 Å². The van der Waals surface area contributed by atoms with Crippen molar-refractivity contribution >= 4 is 17.7 Å². The predicted octanol–water partition coefficient (Wildman–Crippen LogP) is 2.33. The zero-order valence-corrected chi connectivity index (χ0v) is 18.0. The number of aromatic nitrogens is 2. The lowest BCUT2D eigenvalue weighted by Gasteiger charge is -2.32. The number of benzene rings is 1. The lowest BCUT2D eigenvalue weighted by molar-refractivity contribution is -0.118. The SMILES string of the molecule is Cc1cc(C)cc(-n2ccnc2SCC(=O)NCCCN2CCN(C)CC2)c1. The Morgan fingerprint density at radius 1 is 1.14 bits per heavy atom. The Balaban J connectivity index is 1.41. The van der Waals surface area contributed by atoms with Crippen molar-refractivity contribution in [2.75, 3.05) is 52.1 Å². The molecule has 1 aliphatic rings. The minimum atomic E-state index is 0.0679. The van der Waals surface area contributed by atoms with Gasteiger partial charge in [0.05, 0.1) is 5.75 Å². The van der Waals surface area contributed by atoms with Crippen molar-refractivity contribution in [1.29, 1.82) is 0 Å². The van der Waals surface area contributed by atoms with Crippen LogP contribution in [0, 0.1) is 13.8 Å². The average Bonchev–Trinajstić information content (AvgIpc) is 3.13. The summed E-state index contributed by atoms with van der Waals surface area (Å²) in [5, 5.41) is 3.88. The van der Waals surface area contributed by atoms with E-state index >= 15 is 0 Å². The molecule has 1 aliphatic heterocycles. The average molecular weight is 402 g/mol. The van der Waals surface area contributed by atoms with Gasteiger partial charge in [0.15, 0.2) is 5.16 Å². The highest BCUT2D eigenvalue weighted by atomic mass is 32.2. The van der Waals surface area contributed by atoms with E-state index in [9.17, 15) is 4.79 Å². The quantitative estimate of drug-likeness (QED) is 0.544. The second kappa shape index (κ2) is 10.1. The summed E-state index contributed by atoms with van der Waals surface area (Å²) in [6.45, 7) is 10.5. The van der Waals surface area contributed by atoms with Gasteiger partial charge >= 0.3 is 0 Å². The molecule has 0 aliphatic carbocycles. The van der Waals surface area contributed by atoms with Gasteiger partial charge in [0.25, 0.3) is 0 Å². The van der Waals surface area contributed by atoms with Crippen LogP contribution in [0.4, 0.5) is 0 Å². The number of carbonyl (C=O) groups is 1. The number of nitrogens with zero attached hydrogens (tertiary/aromatic N) is 4. The molecule has 1 saturated heterocycles. The molecule has 2 heterocycles. The Kier molecular flexibility index (Phi) is 7.53. The predicted molar refractivity (Wildman–Crippen MR) is 115 cm³/mol. The van der Waals surface area contributed by atoms with Gasteiger partial charge in [-0.05, 0) is 57.1 Å². The van der Waals surface area contributed by atoms with Crippen molar-refractivity contribution in [3.05, 3.63) is 41.7 Å². The fourth-order valence-electron chi connectivity index (χ4n) is 3.47. The van der Waals surface area contributed by atoms with Gasteiger partial charge in [-0.15, -0.1) is 0 Å². The topological polar surface area (TPSA) is 53.4 Å². The van der Waals surface area contributed by atoms with E-state index in [0.717, 1.165) is 56.5 Å². The standard InChI is InChI=1S/C21H31N5OS/c1-17-13-18(2)15-19(14-17)26-8-6-23-21(26)28-16-20(27)22-5-4-7-25-11-9-24(3)10-12-25/h6,8,13-15H,4-5,7,9-12,16H2,1-3H3,(H,22,27). The Morgan fingerprint density at radius 2 is 1.86 bits per heavy atom. The second-order valence-corrected chi connectivity index (χ2v) is 8.51. The Bertz CT molecular complexity index is 763. The number of piperazine rings is 1. The first-order chi connectivity index (χ1) is 13.5. The Morgan fingerprint density at radius 3 is 2.57 bits per heavy atom. The molecule has 6 nitrogen and oxygen atoms in total. The molecular weight excluding hydrogens is 370 g/mol. The van der Waals surface area contributed by atoms with Crippen molar-refractivity contribution in [2.45, 2.75) is 25.4 Å². The minimum Gasteiger partial charge on any atom is -0.355 e. The first kappa shape index (κ1) is 20.9. The molecule has 0 radical (unpaired) electrons. The molecule has 28 heavy (non-hydrogen) atoms. The van der Waals surface area contributed by atoms with E-state index in [0.29, 0.717) is 5.75 Å². The van der Waals surface area contributed by atoms with E-state index in [1.54, 1.807) is 6.20 Å². The highest BCUT2D eigenvalue weighted by molar-refractivity contribution is 7.99. The van der Waals surface area contributed by atoms with Crippen LogP contribution in [0.25, 0.3) is 5.69 Å². The molecule has 0 bridgehead atoms. The maximum absolute atomic E-state index is 12.2. The third kappa shape index (κ3) is 6.09. The zero-order chi connectivity index (χ0) is 19.9. The molecule has 3 rings (SSSR count). The van der Waals surface area contributed by atoms with Gasteiger partial charge in [-0.1, -0.05) is 17.8 Å². The summed E-state index contributed by atoms with van der Waals surface area (Å²) in [5.74, 6) is 0.453. The van der Waals surface area contributed by atoms with E-state index in [1.807, 2.05) is 10.8 Å². The fraction of sp³-hybridized carbons (Fsp3) is 0.524. The molecule has 152 valence electrons. The third-order valence-corrected chi connectivity index (χ3v) is 5.96. The monoisotopic (exact) mass is 401 g/mol. The van der Waals surface area contributed by atoms with Gasteiger partial charge < -0.3 is 15.1 Å². The summed E-state index contributed by atoms with van der Waals surface area (Å²) < 4.78 is 2.05. The second-order valence-electron chi connectivity index (χ2n) is 7.56. The summed E-state index contributed by atoms with van der Waals surface area (Å²) >= 11 is 1.48. The number of carbonyl (C=O) groups excluding carboxylic acids is 1. The molecule has 7 heteroatoms. The zero-order valence-electron chi connectivity index (χ0n) is 17.1. The van der Waals surface area contributed by atoms with Gasteiger partial charge in [-0.3, -0.25) is 9.36 Å². The van der Waals surface area contributed by atoms with Gasteiger partial charge in [0.2, 0.25) is 5.91 Å². The van der Waals surface area contributed by atoms with Crippen LogP contribution in [0.3, 0.4) is 0 Å². The molecule has 2 aromatic rings. The number of likely N-dealkylation sites (N-methyl/N-ethyl adjacent to an activating group) is 1. The lowest BCUT2D eigenvalue weighted by Crippen LogP contribution is -2.45. The molecular formula is C21H31N5OS. The van der Waals surface area contributed by atoms with Gasteiger partial charge in [0.1, 0.15) is 0 Å². The lowest BCUT2D eigenvalue weighted by atomic mass is 10.1. The molecule has 0 unspecified atom stereocenters. The van der Waals surface area contributed by atoms with Crippen molar-refractivity contribution in [3.8, 4) is 5.69 Å². The molecule has 0 saturated carbocycles. The van der Waals surface area contributed by atoms with E-state index in [2.05, 4.69) is 59.2 Å². The van der Waals surface area contributed by atoms with Crippen LogP contribution in [-0.4, -0.2) is 77.3 Å². The molecule has 1 fully saturated rings. The van der Waals surface area contributed by atoms with Gasteiger partial charge in [-0.25, -0.2) is 4.98 Å². The van der Waals surface area contributed by atoms with Crippen LogP contribution in [0.15, 0.2) is 35.7 Å². The highest BCUT2D eigenvalue weighted by Gasteiger charge is 2.13. The number of aryl methyl sites for hydroxylation is 2. The largest absolute Gasteiger partial charge is 0.355 e. The van der Waals surface area contributed by atoms with Crippen molar-refractivity contribution in [2.24, 2.45) is 0 Å². The number of rotatable bonds is 8. The van der Waals surface area contributed by atoms with Crippen LogP contribution >= 0.6 is 11.8 Å². The molecule has 1 amide bonds. The smallest absolute Gasteiger partial charge is 0.230 e. The minimum absolute atomic E-state index is 0.0679. The first-order valence-corrected chi connectivity index (χ1v) is 10.9. The third-order valence-electron chi connectivity index (χ3n) is 4.99. The van der Waals surface area contributed by atoms with E-state index in [1.165, 1.54) is 22.9 Å².